The molecule has 1 saturated heterocycles. The molecule has 32 heavy (non-hydrogen) atoms. The Bertz CT molecular complexity index is 1340. The Morgan fingerprint density at radius 3 is 2.81 bits per heavy atom. The molecule has 9 nitrogen and oxygen atoms in total. The molecule has 1 unspecified atom stereocenters. The Morgan fingerprint density at radius 2 is 2.03 bits per heavy atom. The molecule has 10 heteroatoms. The first kappa shape index (κ1) is 19.6. The maximum atomic E-state index is 14.3. The number of hydrogen-bond acceptors (Lipinski definition) is 6. The second kappa shape index (κ2) is 7.39. The van der Waals surface area contributed by atoms with Gasteiger partial charge in [0.15, 0.2) is 0 Å². The molecule has 1 aromatic heterocycles. The Labute approximate surface area is 181 Å². The number of halogens is 1. The van der Waals surface area contributed by atoms with Crippen LogP contribution in [0.3, 0.4) is 0 Å². The van der Waals surface area contributed by atoms with Crippen molar-refractivity contribution in [3.05, 3.63) is 65.1 Å². The van der Waals surface area contributed by atoms with Crippen molar-refractivity contribution in [2.75, 3.05) is 0 Å². The molecule has 3 heterocycles. The summed E-state index contributed by atoms with van der Waals surface area (Å²) in [5.74, 6) is -1.67. The zero-order chi connectivity index (χ0) is 22.4. The first-order valence-corrected chi connectivity index (χ1v) is 9.85. The van der Waals surface area contributed by atoms with Gasteiger partial charge in [-0.05, 0) is 36.2 Å². The van der Waals surface area contributed by atoms with Crippen LogP contribution in [0.25, 0.3) is 16.9 Å². The third kappa shape index (κ3) is 3.11. The third-order valence-electron chi connectivity index (χ3n) is 5.65. The molecule has 1 atom stereocenters. The van der Waals surface area contributed by atoms with E-state index in [1.165, 1.54) is 34.0 Å². The van der Waals surface area contributed by atoms with Gasteiger partial charge in [0.25, 0.3) is 5.91 Å². The summed E-state index contributed by atoms with van der Waals surface area (Å²) in [5.41, 5.74) is 2.42. The predicted octanol–water partition coefficient (Wildman–Crippen LogP) is 1.71. The molecule has 2 aliphatic rings. The predicted molar refractivity (Wildman–Crippen MR) is 108 cm³/mol. The molecule has 1 fully saturated rings. The summed E-state index contributed by atoms with van der Waals surface area (Å²) in [5, 5.41) is 19.6. The number of hydrogen-bond donors (Lipinski definition) is 1. The zero-order valence-corrected chi connectivity index (χ0v) is 16.6. The summed E-state index contributed by atoms with van der Waals surface area (Å²) in [4.78, 5) is 37.9. The number of amides is 3. The van der Waals surface area contributed by atoms with E-state index < -0.39 is 17.8 Å². The fourth-order valence-electron chi connectivity index (χ4n) is 4.08. The number of para-hydroxylation sites is 1. The van der Waals surface area contributed by atoms with Crippen molar-refractivity contribution in [2.45, 2.75) is 25.4 Å². The number of piperidine rings is 1. The summed E-state index contributed by atoms with van der Waals surface area (Å²) >= 11 is 0. The van der Waals surface area contributed by atoms with Crippen molar-refractivity contribution in [1.82, 2.24) is 25.2 Å². The van der Waals surface area contributed by atoms with Crippen LogP contribution in [0.1, 0.15) is 34.3 Å². The molecule has 0 spiro atoms. The molecule has 0 aliphatic carbocycles. The highest BCUT2D eigenvalue weighted by atomic mass is 19.1. The van der Waals surface area contributed by atoms with Crippen LogP contribution < -0.4 is 5.32 Å². The normalized spacial score (nSPS) is 17.8. The number of benzene rings is 2. The van der Waals surface area contributed by atoms with Gasteiger partial charge in [0.05, 0.1) is 11.8 Å². The topological polar surface area (TPSA) is 121 Å². The van der Waals surface area contributed by atoms with Gasteiger partial charge in [-0.15, -0.1) is 5.10 Å². The van der Waals surface area contributed by atoms with E-state index in [1.54, 1.807) is 18.2 Å². The number of carbonyl (C=O) groups excluding carboxylic acids is 3. The highest BCUT2D eigenvalue weighted by molar-refractivity contribution is 6.05. The Kier molecular flexibility index (Phi) is 4.52. The van der Waals surface area contributed by atoms with Crippen LogP contribution in [0.15, 0.2) is 42.6 Å². The van der Waals surface area contributed by atoms with E-state index in [1.807, 2.05) is 6.07 Å². The standard InChI is InChI=1S/C22H15FN6O3/c23-16-3-1-2-13(9-24)20(16)29-11-17(26-27-29)12-4-5-15-14(8-12)10-28(22(15)32)18-6-7-19(30)25-21(18)31/h1-5,8,11,18H,6-7,10H2,(H,25,30,31). The molecule has 0 saturated carbocycles. The summed E-state index contributed by atoms with van der Waals surface area (Å²) in [6.07, 6.45) is 1.98. The summed E-state index contributed by atoms with van der Waals surface area (Å²) in [6.45, 7) is 0.230. The van der Waals surface area contributed by atoms with Gasteiger partial charge in [-0.25, -0.2) is 9.07 Å². The van der Waals surface area contributed by atoms with Crippen LogP contribution in [0.2, 0.25) is 0 Å². The van der Waals surface area contributed by atoms with Crippen LogP contribution in [-0.4, -0.2) is 43.7 Å². The lowest BCUT2D eigenvalue weighted by Crippen LogP contribution is -2.52. The summed E-state index contributed by atoms with van der Waals surface area (Å²) in [6, 6.07) is 10.6. The van der Waals surface area contributed by atoms with Gasteiger partial charge in [-0.1, -0.05) is 17.3 Å². The molecule has 0 radical (unpaired) electrons. The number of nitrogens with one attached hydrogen (secondary N) is 1. The van der Waals surface area contributed by atoms with Crippen molar-refractivity contribution in [1.29, 1.82) is 5.26 Å². The lowest BCUT2D eigenvalue weighted by atomic mass is 10.0. The molecular formula is C22H15FN6O3. The lowest BCUT2D eigenvalue weighted by molar-refractivity contribution is -0.136. The van der Waals surface area contributed by atoms with E-state index in [0.29, 0.717) is 16.8 Å². The van der Waals surface area contributed by atoms with Gasteiger partial charge >= 0.3 is 0 Å². The van der Waals surface area contributed by atoms with Crippen molar-refractivity contribution in [3.63, 3.8) is 0 Å². The minimum Gasteiger partial charge on any atom is -0.322 e. The Hall–Kier alpha value is -4.39. The third-order valence-corrected chi connectivity index (χ3v) is 5.65. The number of aromatic nitrogens is 3. The van der Waals surface area contributed by atoms with Gasteiger partial charge in [-0.2, -0.15) is 5.26 Å². The van der Waals surface area contributed by atoms with E-state index in [0.717, 1.165) is 5.56 Å². The van der Waals surface area contributed by atoms with Crippen LogP contribution in [0.5, 0.6) is 0 Å². The molecular weight excluding hydrogens is 415 g/mol. The van der Waals surface area contributed by atoms with Gasteiger partial charge in [0.1, 0.15) is 29.3 Å². The average Bonchev–Trinajstić information content (AvgIpc) is 3.38. The summed E-state index contributed by atoms with van der Waals surface area (Å²) < 4.78 is 15.5. The van der Waals surface area contributed by atoms with E-state index >= 15 is 0 Å². The Balaban J connectivity index is 1.44. The largest absolute Gasteiger partial charge is 0.322 e. The molecule has 3 aromatic rings. The average molecular weight is 430 g/mol. The van der Waals surface area contributed by atoms with Gasteiger partial charge in [-0.3, -0.25) is 19.7 Å². The fourth-order valence-corrected chi connectivity index (χ4v) is 4.08. The van der Waals surface area contributed by atoms with E-state index in [9.17, 15) is 24.0 Å². The molecule has 0 bridgehead atoms. The number of nitriles is 1. The van der Waals surface area contributed by atoms with Crippen molar-refractivity contribution in [3.8, 4) is 23.0 Å². The van der Waals surface area contributed by atoms with Crippen LogP contribution in [0, 0.1) is 17.1 Å². The molecule has 3 amide bonds. The van der Waals surface area contributed by atoms with Crippen LogP contribution in [0.4, 0.5) is 4.39 Å². The Morgan fingerprint density at radius 1 is 1.19 bits per heavy atom. The minimum absolute atomic E-state index is 0.00845. The van der Waals surface area contributed by atoms with Crippen molar-refractivity contribution >= 4 is 17.7 Å². The number of imide groups is 1. The maximum Gasteiger partial charge on any atom is 0.255 e. The van der Waals surface area contributed by atoms with E-state index in [-0.39, 0.29) is 42.5 Å². The number of carbonyl (C=O) groups is 3. The van der Waals surface area contributed by atoms with Gasteiger partial charge in [0.2, 0.25) is 11.8 Å². The number of nitrogens with zero attached hydrogens (tertiary/aromatic N) is 5. The smallest absolute Gasteiger partial charge is 0.255 e. The van der Waals surface area contributed by atoms with Crippen molar-refractivity contribution in [2.24, 2.45) is 0 Å². The first-order chi connectivity index (χ1) is 15.5. The molecule has 1 N–H and O–H groups in total. The number of fused-ring (bicyclic) bond motifs is 1. The highest BCUT2D eigenvalue weighted by Crippen LogP contribution is 2.31. The first-order valence-electron chi connectivity index (χ1n) is 9.85. The van der Waals surface area contributed by atoms with E-state index in [2.05, 4.69) is 15.6 Å². The molecule has 2 aromatic carbocycles. The molecule has 158 valence electrons. The quantitative estimate of drug-likeness (QED) is 0.632. The van der Waals surface area contributed by atoms with E-state index in [4.69, 9.17) is 0 Å². The zero-order valence-electron chi connectivity index (χ0n) is 16.6. The van der Waals surface area contributed by atoms with Crippen molar-refractivity contribution < 1.29 is 18.8 Å². The second-order valence-corrected chi connectivity index (χ2v) is 7.57. The molecule has 5 rings (SSSR count). The maximum absolute atomic E-state index is 14.3. The molecule has 2 aliphatic heterocycles. The highest BCUT2D eigenvalue weighted by Gasteiger charge is 2.39. The number of rotatable bonds is 3. The van der Waals surface area contributed by atoms with Crippen LogP contribution in [-0.2, 0) is 16.1 Å². The fraction of sp³-hybridized carbons (Fsp3) is 0.182. The van der Waals surface area contributed by atoms with Crippen LogP contribution >= 0.6 is 0 Å². The second-order valence-electron chi connectivity index (χ2n) is 7.57. The van der Waals surface area contributed by atoms with Gasteiger partial charge in [0, 0.05) is 24.1 Å². The monoisotopic (exact) mass is 430 g/mol. The van der Waals surface area contributed by atoms with Gasteiger partial charge < -0.3 is 4.90 Å². The lowest BCUT2D eigenvalue weighted by Gasteiger charge is -2.29. The minimum atomic E-state index is -0.692. The SMILES string of the molecule is N#Cc1cccc(F)c1-n1cc(-c2ccc3c(c2)CN(C2CCC(=O)NC2=O)C3=O)nn1. The summed E-state index contributed by atoms with van der Waals surface area (Å²) in [7, 11) is 0.